The lowest BCUT2D eigenvalue weighted by molar-refractivity contribution is 0.306. The highest BCUT2D eigenvalue weighted by Crippen LogP contribution is 2.29. The van der Waals surface area contributed by atoms with Crippen molar-refractivity contribution in [2.24, 2.45) is 11.7 Å². The third-order valence-corrected chi connectivity index (χ3v) is 4.90. The minimum Gasteiger partial charge on any atom is -0.327 e. The quantitative estimate of drug-likeness (QED) is 0.921. The second kappa shape index (κ2) is 5.85. The molecule has 0 radical (unpaired) electrons. The third kappa shape index (κ3) is 3.04. The summed E-state index contributed by atoms with van der Waals surface area (Å²) < 4.78 is 0. The SMILES string of the molecule is NC1CCCCC1Cc1nc(-c2ccccc2)cs1. The van der Waals surface area contributed by atoms with Crippen LogP contribution in [0.25, 0.3) is 11.3 Å². The molecule has 1 aromatic heterocycles. The number of rotatable bonds is 3. The van der Waals surface area contributed by atoms with E-state index < -0.39 is 0 Å². The van der Waals surface area contributed by atoms with Crippen LogP contribution in [0, 0.1) is 5.92 Å². The Morgan fingerprint density at radius 2 is 1.95 bits per heavy atom. The van der Waals surface area contributed by atoms with Crippen molar-refractivity contribution in [1.82, 2.24) is 4.98 Å². The summed E-state index contributed by atoms with van der Waals surface area (Å²) in [5.74, 6) is 0.628. The molecule has 100 valence electrons. The van der Waals surface area contributed by atoms with Gasteiger partial charge in [-0.15, -0.1) is 11.3 Å². The molecule has 1 aliphatic carbocycles. The van der Waals surface area contributed by atoms with Crippen LogP contribution in [0.1, 0.15) is 30.7 Å². The monoisotopic (exact) mass is 272 g/mol. The molecule has 2 N–H and O–H groups in total. The molecule has 0 aliphatic heterocycles. The van der Waals surface area contributed by atoms with E-state index >= 15 is 0 Å². The third-order valence-electron chi connectivity index (χ3n) is 4.03. The summed E-state index contributed by atoms with van der Waals surface area (Å²) in [4.78, 5) is 4.77. The van der Waals surface area contributed by atoms with Crippen LogP contribution in [-0.4, -0.2) is 11.0 Å². The van der Waals surface area contributed by atoms with Gasteiger partial charge in [-0.3, -0.25) is 0 Å². The van der Waals surface area contributed by atoms with Crippen molar-refractivity contribution in [3.63, 3.8) is 0 Å². The number of aromatic nitrogens is 1. The molecule has 0 spiro atoms. The molecule has 1 fully saturated rings. The molecule has 1 aromatic carbocycles. The van der Waals surface area contributed by atoms with E-state index in [-0.39, 0.29) is 0 Å². The molecule has 2 nitrogen and oxygen atoms in total. The Balaban J connectivity index is 1.71. The van der Waals surface area contributed by atoms with Gasteiger partial charge in [-0.05, 0) is 18.8 Å². The first kappa shape index (κ1) is 12.8. The van der Waals surface area contributed by atoms with E-state index in [2.05, 4.69) is 29.6 Å². The summed E-state index contributed by atoms with van der Waals surface area (Å²) >= 11 is 1.77. The zero-order chi connectivity index (χ0) is 13.1. The van der Waals surface area contributed by atoms with Gasteiger partial charge >= 0.3 is 0 Å². The molecular formula is C16H20N2S. The minimum absolute atomic E-state index is 0.373. The van der Waals surface area contributed by atoms with Crippen molar-refractivity contribution in [3.8, 4) is 11.3 Å². The molecule has 0 saturated heterocycles. The second-order valence-electron chi connectivity index (χ2n) is 5.41. The maximum Gasteiger partial charge on any atom is 0.0935 e. The highest BCUT2D eigenvalue weighted by atomic mass is 32.1. The predicted octanol–water partition coefficient (Wildman–Crippen LogP) is 3.87. The van der Waals surface area contributed by atoms with Gasteiger partial charge in [0, 0.05) is 23.4 Å². The fourth-order valence-corrected chi connectivity index (χ4v) is 3.76. The molecule has 2 aromatic rings. The fourth-order valence-electron chi connectivity index (χ4n) is 2.86. The number of hydrogen-bond acceptors (Lipinski definition) is 3. The number of nitrogens with zero attached hydrogens (tertiary/aromatic N) is 1. The Hall–Kier alpha value is -1.19. The summed E-state index contributed by atoms with van der Waals surface area (Å²) in [7, 11) is 0. The van der Waals surface area contributed by atoms with Crippen LogP contribution in [0.15, 0.2) is 35.7 Å². The second-order valence-corrected chi connectivity index (χ2v) is 6.35. The van der Waals surface area contributed by atoms with E-state index in [1.807, 2.05) is 6.07 Å². The van der Waals surface area contributed by atoms with E-state index in [9.17, 15) is 0 Å². The van der Waals surface area contributed by atoms with Gasteiger partial charge < -0.3 is 5.73 Å². The van der Waals surface area contributed by atoms with Gasteiger partial charge in [0.1, 0.15) is 0 Å². The fraction of sp³-hybridized carbons (Fsp3) is 0.438. The number of benzene rings is 1. The lowest BCUT2D eigenvalue weighted by Crippen LogP contribution is -2.34. The molecule has 1 heterocycles. The lowest BCUT2D eigenvalue weighted by atomic mass is 9.83. The average molecular weight is 272 g/mol. The standard InChI is InChI=1S/C16H20N2S/c17-14-9-5-4-8-13(14)10-16-18-15(11-19-16)12-6-2-1-3-7-12/h1-3,6-7,11,13-14H,4-5,8-10,17H2. The highest BCUT2D eigenvalue weighted by molar-refractivity contribution is 7.09. The zero-order valence-electron chi connectivity index (χ0n) is 11.1. The first-order chi connectivity index (χ1) is 9.33. The molecule has 3 heteroatoms. The van der Waals surface area contributed by atoms with Gasteiger partial charge in [-0.25, -0.2) is 4.98 Å². The lowest BCUT2D eigenvalue weighted by Gasteiger charge is -2.27. The van der Waals surface area contributed by atoms with Gasteiger partial charge in [0.2, 0.25) is 0 Å². The van der Waals surface area contributed by atoms with Crippen molar-refractivity contribution in [1.29, 1.82) is 0 Å². The van der Waals surface area contributed by atoms with Gasteiger partial charge in [-0.1, -0.05) is 43.2 Å². The molecule has 1 saturated carbocycles. The van der Waals surface area contributed by atoms with Crippen LogP contribution < -0.4 is 5.73 Å². The topological polar surface area (TPSA) is 38.9 Å². The minimum atomic E-state index is 0.373. The Labute approximate surface area is 118 Å². The Morgan fingerprint density at radius 3 is 2.74 bits per heavy atom. The predicted molar refractivity (Wildman–Crippen MR) is 81.2 cm³/mol. The molecule has 3 rings (SSSR count). The van der Waals surface area contributed by atoms with E-state index in [1.54, 1.807) is 11.3 Å². The van der Waals surface area contributed by atoms with Crippen molar-refractivity contribution in [2.45, 2.75) is 38.1 Å². The van der Waals surface area contributed by atoms with E-state index in [4.69, 9.17) is 10.7 Å². The average Bonchev–Trinajstić information content (AvgIpc) is 2.91. The first-order valence-electron chi connectivity index (χ1n) is 7.08. The normalized spacial score (nSPS) is 23.4. The maximum absolute atomic E-state index is 6.22. The maximum atomic E-state index is 6.22. The van der Waals surface area contributed by atoms with Crippen LogP contribution in [0.5, 0.6) is 0 Å². The van der Waals surface area contributed by atoms with E-state index in [0.29, 0.717) is 12.0 Å². The Bertz CT molecular complexity index is 521. The van der Waals surface area contributed by atoms with Gasteiger partial charge in [0.05, 0.1) is 10.7 Å². The van der Waals surface area contributed by atoms with Crippen molar-refractivity contribution in [3.05, 3.63) is 40.7 Å². The Kier molecular flexibility index (Phi) is 3.95. The van der Waals surface area contributed by atoms with Crippen LogP contribution in [-0.2, 0) is 6.42 Å². The summed E-state index contributed by atoms with van der Waals surface area (Å²) in [5, 5.41) is 3.40. The molecule has 2 unspecified atom stereocenters. The van der Waals surface area contributed by atoms with Crippen LogP contribution >= 0.6 is 11.3 Å². The van der Waals surface area contributed by atoms with Crippen LogP contribution in [0.2, 0.25) is 0 Å². The molecule has 2 atom stereocenters. The van der Waals surface area contributed by atoms with Gasteiger partial charge in [-0.2, -0.15) is 0 Å². The zero-order valence-corrected chi connectivity index (χ0v) is 11.9. The summed E-state index contributed by atoms with van der Waals surface area (Å²) in [6, 6.07) is 10.8. The largest absolute Gasteiger partial charge is 0.327 e. The summed E-state index contributed by atoms with van der Waals surface area (Å²) in [5.41, 5.74) is 8.53. The molecule has 19 heavy (non-hydrogen) atoms. The van der Waals surface area contributed by atoms with Gasteiger partial charge in [0.15, 0.2) is 0 Å². The first-order valence-corrected chi connectivity index (χ1v) is 7.96. The van der Waals surface area contributed by atoms with E-state index in [0.717, 1.165) is 12.1 Å². The summed E-state index contributed by atoms with van der Waals surface area (Å²) in [6.07, 6.45) is 6.13. The van der Waals surface area contributed by atoms with Crippen LogP contribution in [0.4, 0.5) is 0 Å². The number of hydrogen-bond donors (Lipinski definition) is 1. The number of thiazole rings is 1. The molecule has 1 aliphatic rings. The molecule has 0 amide bonds. The smallest absolute Gasteiger partial charge is 0.0935 e. The number of nitrogens with two attached hydrogens (primary N) is 1. The van der Waals surface area contributed by atoms with E-state index in [1.165, 1.54) is 36.3 Å². The Morgan fingerprint density at radius 1 is 1.16 bits per heavy atom. The van der Waals surface area contributed by atoms with Gasteiger partial charge in [0.25, 0.3) is 0 Å². The highest BCUT2D eigenvalue weighted by Gasteiger charge is 2.23. The summed E-state index contributed by atoms with van der Waals surface area (Å²) in [6.45, 7) is 0. The van der Waals surface area contributed by atoms with Crippen molar-refractivity contribution < 1.29 is 0 Å². The van der Waals surface area contributed by atoms with Crippen molar-refractivity contribution in [2.75, 3.05) is 0 Å². The molecular weight excluding hydrogens is 252 g/mol. The molecule has 0 bridgehead atoms. The van der Waals surface area contributed by atoms with Crippen molar-refractivity contribution >= 4 is 11.3 Å². The van der Waals surface area contributed by atoms with Crippen LogP contribution in [0.3, 0.4) is 0 Å².